The highest BCUT2D eigenvalue weighted by atomic mass is 79.9. The molecule has 98 valence electrons. The number of carbonyl (C=O) groups is 1. The zero-order valence-electron chi connectivity index (χ0n) is 10.3. The van der Waals surface area contributed by atoms with Crippen LogP contribution in [0, 0.1) is 12.7 Å². The van der Waals surface area contributed by atoms with Gasteiger partial charge in [0.15, 0.2) is 0 Å². The van der Waals surface area contributed by atoms with Gasteiger partial charge in [-0.15, -0.1) is 0 Å². The zero-order chi connectivity index (χ0) is 13.8. The van der Waals surface area contributed by atoms with Crippen LogP contribution in [0.25, 0.3) is 0 Å². The third-order valence-corrected chi connectivity index (χ3v) is 3.13. The van der Waals surface area contributed by atoms with Crippen molar-refractivity contribution in [2.24, 2.45) is 0 Å². The molecule has 0 unspecified atom stereocenters. The lowest BCUT2D eigenvalue weighted by atomic mass is 10.1. The number of halogens is 2. The molecule has 0 aliphatic heterocycles. The quantitative estimate of drug-likeness (QED) is 0.789. The first kappa shape index (κ1) is 13.7. The number of hydrogen-bond acceptors (Lipinski definition) is 2. The van der Waals surface area contributed by atoms with Gasteiger partial charge in [-0.05, 0) is 30.2 Å². The fraction of sp³-hybridized carbons (Fsp3) is 0.133. The van der Waals surface area contributed by atoms with E-state index < -0.39 is 11.8 Å². The summed E-state index contributed by atoms with van der Waals surface area (Å²) in [6, 6.07) is 12.2. The maximum Gasteiger partial charge on any atom is 0.341 e. The Morgan fingerprint density at radius 2 is 1.95 bits per heavy atom. The Hall–Kier alpha value is -1.68. The van der Waals surface area contributed by atoms with Crippen LogP contribution in [-0.2, 0) is 11.3 Å². The first-order valence-corrected chi connectivity index (χ1v) is 6.54. The second kappa shape index (κ2) is 5.97. The summed E-state index contributed by atoms with van der Waals surface area (Å²) in [5.41, 5.74) is 1.40. The van der Waals surface area contributed by atoms with Crippen LogP contribution in [0.4, 0.5) is 4.39 Å². The topological polar surface area (TPSA) is 26.3 Å². The number of ether oxygens (including phenoxy) is 1. The lowest BCUT2D eigenvalue weighted by molar-refractivity contribution is 0.0466. The van der Waals surface area contributed by atoms with Crippen molar-refractivity contribution in [3.05, 3.63) is 69.4 Å². The van der Waals surface area contributed by atoms with Gasteiger partial charge < -0.3 is 4.74 Å². The van der Waals surface area contributed by atoms with Crippen molar-refractivity contribution in [1.29, 1.82) is 0 Å². The fourth-order valence-electron chi connectivity index (χ4n) is 1.76. The SMILES string of the molecule is Cc1cc(Br)cc(F)c1C(=O)OCc1ccccc1. The summed E-state index contributed by atoms with van der Waals surface area (Å²) < 4.78 is 19.5. The second-order valence-electron chi connectivity index (χ2n) is 4.14. The predicted octanol–water partition coefficient (Wildman–Crippen LogP) is 4.25. The van der Waals surface area contributed by atoms with Gasteiger partial charge in [0.25, 0.3) is 0 Å². The first-order valence-electron chi connectivity index (χ1n) is 5.74. The fourth-order valence-corrected chi connectivity index (χ4v) is 2.30. The smallest absolute Gasteiger partial charge is 0.341 e. The predicted molar refractivity (Wildman–Crippen MR) is 74.4 cm³/mol. The first-order chi connectivity index (χ1) is 9.08. The van der Waals surface area contributed by atoms with Crippen LogP contribution < -0.4 is 0 Å². The van der Waals surface area contributed by atoms with Crippen molar-refractivity contribution in [3.63, 3.8) is 0 Å². The molecule has 0 fully saturated rings. The summed E-state index contributed by atoms with van der Waals surface area (Å²) >= 11 is 3.18. The molecule has 0 amide bonds. The highest BCUT2D eigenvalue weighted by Crippen LogP contribution is 2.21. The summed E-state index contributed by atoms with van der Waals surface area (Å²) in [5.74, 6) is -1.23. The molecule has 0 saturated carbocycles. The van der Waals surface area contributed by atoms with Crippen LogP contribution in [0.5, 0.6) is 0 Å². The zero-order valence-corrected chi connectivity index (χ0v) is 11.9. The van der Waals surface area contributed by atoms with Crippen LogP contribution in [0.3, 0.4) is 0 Å². The van der Waals surface area contributed by atoms with E-state index in [2.05, 4.69) is 15.9 Å². The summed E-state index contributed by atoms with van der Waals surface area (Å²) in [6.45, 7) is 1.81. The molecule has 2 aromatic rings. The van der Waals surface area contributed by atoms with Gasteiger partial charge in [-0.3, -0.25) is 0 Å². The van der Waals surface area contributed by atoms with Gasteiger partial charge in [0.1, 0.15) is 12.4 Å². The third kappa shape index (κ3) is 3.41. The largest absolute Gasteiger partial charge is 0.457 e. The minimum atomic E-state index is -0.647. The Balaban J connectivity index is 2.13. The molecule has 0 spiro atoms. The van der Waals surface area contributed by atoms with Crippen molar-refractivity contribution in [2.45, 2.75) is 13.5 Å². The average molecular weight is 323 g/mol. The molecule has 0 heterocycles. The highest BCUT2D eigenvalue weighted by molar-refractivity contribution is 9.10. The lowest BCUT2D eigenvalue weighted by Gasteiger charge is -2.08. The van der Waals surface area contributed by atoms with Crippen molar-refractivity contribution in [2.75, 3.05) is 0 Å². The van der Waals surface area contributed by atoms with E-state index in [1.165, 1.54) is 6.07 Å². The van der Waals surface area contributed by atoms with Crippen LogP contribution in [0.2, 0.25) is 0 Å². The van der Waals surface area contributed by atoms with Gasteiger partial charge in [0, 0.05) is 4.47 Å². The van der Waals surface area contributed by atoms with Crippen LogP contribution in [0.1, 0.15) is 21.5 Å². The van der Waals surface area contributed by atoms with Gasteiger partial charge in [0.2, 0.25) is 0 Å². The average Bonchev–Trinajstić information content (AvgIpc) is 2.36. The highest BCUT2D eigenvalue weighted by Gasteiger charge is 2.17. The minimum Gasteiger partial charge on any atom is -0.457 e. The Morgan fingerprint density at radius 3 is 2.58 bits per heavy atom. The minimum absolute atomic E-state index is 0.0147. The Bertz CT molecular complexity index is 573. The van der Waals surface area contributed by atoms with Gasteiger partial charge in [-0.2, -0.15) is 0 Å². The standard InChI is InChI=1S/C15H12BrFO2/c1-10-7-12(16)8-13(17)14(10)15(18)19-9-11-5-3-2-4-6-11/h2-8H,9H2,1H3. The molecule has 2 rings (SSSR count). The van der Waals surface area contributed by atoms with E-state index in [1.54, 1.807) is 13.0 Å². The van der Waals surface area contributed by atoms with Gasteiger partial charge in [-0.1, -0.05) is 46.3 Å². The van der Waals surface area contributed by atoms with E-state index in [-0.39, 0.29) is 12.2 Å². The van der Waals surface area contributed by atoms with Crippen LogP contribution >= 0.6 is 15.9 Å². The summed E-state index contributed by atoms with van der Waals surface area (Å²) in [7, 11) is 0. The molecule has 4 heteroatoms. The van der Waals surface area contributed by atoms with Gasteiger partial charge in [0.05, 0.1) is 5.56 Å². The van der Waals surface area contributed by atoms with Crippen molar-refractivity contribution >= 4 is 21.9 Å². The Morgan fingerprint density at radius 1 is 1.26 bits per heavy atom. The van der Waals surface area contributed by atoms with Crippen molar-refractivity contribution < 1.29 is 13.9 Å². The monoisotopic (exact) mass is 322 g/mol. The Labute approximate surface area is 119 Å². The number of hydrogen-bond donors (Lipinski definition) is 0. The van der Waals surface area contributed by atoms with E-state index in [1.807, 2.05) is 30.3 Å². The second-order valence-corrected chi connectivity index (χ2v) is 5.06. The van der Waals surface area contributed by atoms with E-state index in [0.717, 1.165) is 5.56 Å². The Kier molecular flexibility index (Phi) is 4.32. The molecule has 2 aromatic carbocycles. The number of benzene rings is 2. The summed E-state index contributed by atoms with van der Waals surface area (Å²) in [4.78, 5) is 11.9. The van der Waals surface area contributed by atoms with Crippen molar-refractivity contribution in [1.82, 2.24) is 0 Å². The van der Waals surface area contributed by atoms with Gasteiger partial charge >= 0.3 is 5.97 Å². The molecule has 0 aliphatic rings. The number of carbonyl (C=O) groups excluding carboxylic acids is 1. The summed E-state index contributed by atoms with van der Waals surface area (Å²) in [6.07, 6.45) is 0. The number of aryl methyl sites for hydroxylation is 1. The molecule has 2 nitrogen and oxygen atoms in total. The van der Waals surface area contributed by atoms with E-state index in [9.17, 15) is 9.18 Å². The number of rotatable bonds is 3. The molecule has 19 heavy (non-hydrogen) atoms. The molecule has 0 bridgehead atoms. The van der Waals surface area contributed by atoms with E-state index in [0.29, 0.717) is 10.0 Å². The molecular weight excluding hydrogens is 311 g/mol. The third-order valence-electron chi connectivity index (χ3n) is 2.67. The molecule has 0 radical (unpaired) electrons. The number of esters is 1. The molecule has 0 N–H and O–H groups in total. The molecule has 0 aromatic heterocycles. The van der Waals surface area contributed by atoms with Crippen LogP contribution in [0.15, 0.2) is 46.9 Å². The maximum atomic E-state index is 13.8. The molecule has 0 saturated heterocycles. The van der Waals surface area contributed by atoms with E-state index in [4.69, 9.17) is 4.74 Å². The molecular formula is C15H12BrFO2. The van der Waals surface area contributed by atoms with Crippen LogP contribution in [-0.4, -0.2) is 5.97 Å². The van der Waals surface area contributed by atoms with Gasteiger partial charge in [-0.25, -0.2) is 9.18 Å². The summed E-state index contributed by atoms with van der Waals surface area (Å²) in [5, 5.41) is 0. The maximum absolute atomic E-state index is 13.8. The van der Waals surface area contributed by atoms with E-state index >= 15 is 0 Å². The molecule has 0 atom stereocenters. The molecule has 0 aliphatic carbocycles. The van der Waals surface area contributed by atoms with Crippen molar-refractivity contribution in [3.8, 4) is 0 Å². The normalized spacial score (nSPS) is 10.3. The lowest BCUT2D eigenvalue weighted by Crippen LogP contribution is -2.09.